The maximum absolute atomic E-state index is 5.91. The molecule has 2 rings (SSSR count). The average molecular weight is 255 g/mol. The van der Waals surface area contributed by atoms with Crippen molar-refractivity contribution in [3.63, 3.8) is 0 Å². The first-order valence-corrected chi connectivity index (χ1v) is 7.03. The van der Waals surface area contributed by atoms with Crippen molar-refractivity contribution >= 4 is 11.3 Å². The molecule has 0 saturated heterocycles. The highest BCUT2D eigenvalue weighted by atomic mass is 14.5. The van der Waals surface area contributed by atoms with E-state index in [2.05, 4.69) is 52.8 Å². The molecule has 1 aromatic rings. The van der Waals surface area contributed by atoms with Crippen LogP contribution >= 0.6 is 0 Å². The SMILES string of the molecule is CC1=CC(C(C)(C)C)CC(C)=C1c1cccc(N)c1. The number of hydrogen-bond acceptors (Lipinski definition) is 1. The molecule has 1 nitrogen and oxygen atoms in total. The fourth-order valence-electron chi connectivity index (χ4n) is 2.94. The highest BCUT2D eigenvalue weighted by Crippen LogP contribution is 2.42. The molecule has 19 heavy (non-hydrogen) atoms. The third kappa shape index (κ3) is 2.91. The lowest BCUT2D eigenvalue weighted by molar-refractivity contribution is 0.288. The Hall–Kier alpha value is -1.50. The van der Waals surface area contributed by atoms with Gasteiger partial charge >= 0.3 is 0 Å². The van der Waals surface area contributed by atoms with Gasteiger partial charge in [-0.2, -0.15) is 0 Å². The first-order valence-electron chi connectivity index (χ1n) is 7.03. The lowest BCUT2D eigenvalue weighted by Crippen LogP contribution is -2.21. The second-order valence-electron chi connectivity index (χ2n) is 6.81. The number of allylic oxidation sites excluding steroid dienone is 4. The molecule has 1 unspecified atom stereocenters. The van der Waals surface area contributed by atoms with Crippen LogP contribution in [0.15, 0.2) is 41.5 Å². The summed E-state index contributed by atoms with van der Waals surface area (Å²) in [6, 6.07) is 8.21. The molecule has 102 valence electrons. The highest BCUT2D eigenvalue weighted by molar-refractivity contribution is 5.82. The van der Waals surface area contributed by atoms with Crippen molar-refractivity contribution in [1.29, 1.82) is 0 Å². The van der Waals surface area contributed by atoms with Gasteiger partial charge in [0, 0.05) is 5.69 Å². The Morgan fingerprint density at radius 3 is 2.37 bits per heavy atom. The summed E-state index contributed by atoms with van der Waals surface area (Å²) in [7, 11) is 0. The topological polar surface area (TPSA) is 26.0 Å². The van der Waals surface area contributed by atoms with Crippen LogP contribution in [0.1, 0.15) is 46.6 Å². The number of nitrogen functional groups attached to an aromatic ring is 1. The summed E-state index contributed by atoms with van der Waals surface area (Å²) in [6.07, 6.45) is 3.58. The van der Waals surface area contributed by atoms with Crippen molar-refractivity contribution in [2.24, 2.45) is 11.3 Å². The van der Waals surface area contributed by atoms with Gasteiger partial charge < -0.3 is 5.73 Å². The van der Waals surface area contributed by atoms with Crippen molar-refractivity contribution in [2.75, 3.05) is 5.73 Å². The van der Waals surface area contributed by atoms with Gasteiger partial charge in [0.15, 0.2) is 0 Å². The van der Waals surface area contributed by atoms with Gasteiger partial charge in [0.05, 0.1) is 0 Å². The monoisotopic (exact) mass is 255 g/mol. The molecule has 0 spiro atoms. The van der Waals surface area contributed by atoms with Crippen molar-refractivity contribution in [3.05, 3.63) is 47.1 Å². The Labute approximate surface area is 117 Å². The second-order valence-corrected chi connectivity index (χ2v) is 6.81. The fraction of sp³-hybridized carbons (Fsp3) is 0.444. The van der Waals surface area contributed by atoms with E-state index in [0.29, 0.717) is 11.3 Å². The van der Waals surface area contributed by atoms with E-state index in [1.807, 2.05) is 12.1 Å². The molecule has 0 amide bonds. The van der Waals surface area contributed by atoms with Crippen LogP contribution in [0.2, 0.25) is 0 Å². The molecule has 1 atom stereocenters. The van der Waals surface area contributed by atoms with Gasteiger partial charge in [-0.3, -0.25) is 0 Å². The smallest absolute Gasteiger partial charge is 0.0320 e. The van der Waals surface area contributed by atoms with Gasteiger partial charge in [0.1, 0.15) is 0 Å². The molecular formula is C18H25N. The van der Waals surface area contributed by atoms with E-state index in [1.54, 1.807) is 0 Å². The van der Waals surface area contributed by atoms with Crippen molar-refractivity contribution in [2.45, 2.75) is 41.0 Å². The molecule has 0 heterocycles. The lowest BCUT2D eigenvalue weighted by Gasteiger charge is -2.33. The van der Waals surface area contributed by atoms with Gasteiger partial charge in [-0.05, 0) is 60.4 Å². The van der Waals surface area contributed by atoms with Gasteiger partial charge in [-0.1, -0.05) is 44.6 Å². The van der Waals surface area contributed by atoms with Crippen molar-refractivity contribution in [1.82, 2.24) is 0 Å². The summed E-state index contributed by atoms with van der Waals surface area (Å²) in [6.45, 7) is 11.4. The summed E-state index contributed by atoms with van der Waals surface area (Å²) in [5.74, 6) is 0.623. The highest BCUT2D eigenvalue weighted by Gasteiger charge is 2.27. The minimum atomic E-state index is 0.323. The normalized spacial score (nSPS) is 20.5. The summed E-state index contributed by atoms with van der Waals surface area (Å²) in [5, 5.41) is 0. The third-order valence-electron chi connectivity index (χ3n) is 4.09. The van der Waals surface area contributed by atoms with E-state index in [1.165, 1.54) is 22.3 Å². The van der Waals surface area contributed by atoms with E-state index in [-0.39, 0.29) is 0 Å². The zero-order valence-electron chi connectivity index (χ0n) is 12.7. The van der Waals surface area contributed by atoms with Crippen LogP contribution in [-0.2, 0) is 0 Å². The number of hydrogen-bond donors (Lipinski definition) is 1. The minimum absolute atomic E-state index is 0.323. The Morgan fingerprint density at radius 1 is 1.16 bits per heavy atom. The maximum atomic E-state index is 5.91. The zero-order valence-corrected chi connectivity index (χ0v) is 12.7. The quantitative estimate of drug-likeness (QED) is 0.698. The minimum Gasteiger partial charge on any atom is -0.399 e. The molecule has 1 aromatic carbocycles. The molecule has 0 radical (unpaired) electrons. The predicted molar refractivity (Wildman–Crippen MR) is 84.8 cm³/mol. The Morgan fingerprint density at radius 2 is 1.84 bits per heavy atom. The fourth-order valence-corrected chi connectivity index (χ4v) is 2.94. The number of rotatable bonds is 1. The van der Waals surface area contributed by atoms with Gasteiger partial charge in [0.25, 0.3) is 0 Å². The van der Waals surface area contributed by atoms with E-state index in [4.69, 9.17) is 5.73 Å². The van der Waals surface area contributed by atoms with Gasteiger partial charge in [0.2, 0.25) is 0 Å². The van der Waals surface area contributed by atoms with Gasteiger partial charge in [-0.15, -0.1) is 0 Å². The number of nitrogens with two attached hydrogens (primary N) is 1. The standard InChI is InChI=1S/C18H25N/c1-12-9-15(18(3,4)5)10-13(2)17(12)14-7-6-8-16(19)11-14/h6-9,11,15H,10,19H2,1-5H3. The van der Waals surface area contributed by atoms with Crippen molar-refractivity contribution in [3.8, 4) is 0 Å². The van der Waals surface area contributed by atoms with E-state index >= 15 is 0 Å². The zero-order chi connectivity index (χ0) is 14.2. The molecule has 0 bridgehead atoms. The molecular weight excluding hydrogens is 230 g/mol. The largest absolute Gasteiger partial charge is 0.399 e. The molecule has 1 heteroatoms. The van der Waals surface area contributed by atoms with Crippen LogP contribution in [0.25, 0.3) is 5.57 Å². The average Bonchev–Trinajstić information content (AvgIpc) is 2.26. The summed E-state index contributed by atoms with van der Waals surface area (Å²) >= 11 is 0. The first-order chi connectivity index (χ1) is 8.79. The molecule has 0 aromatic heterocycles. The molecule has 1 aliphatic carbocycles. The summed E-state index contributed by atoms with van der Waals surface area (Å²) in [5.41, 5.74) is 12.6. The second kappa shape index (κ2) is 4.88. The van der Waals surface area contributed by atoms with E-state index in [0.717, 1.165) is 12.1 Å². The third-order valence-corrected chi connectivity index (χ3v) is 4.09. The molecule has 2 N–H and O–H groups in total. The summed E-state index contributed by atoms with van der Waals surface area (Å²) < 4.78 is 0. The number of benzene rings is 1. The Bertz CT molecular complexity index is 541. The van der Waals surface area contributed by atoms with E-state index < -0.39 is 0 Å². The van der Waals surface area contributed by atoms with Gasteiger partial charge in [-0.25, -0.2) is 0 Å². The van der Waals surface area contributed by atoms with Crippen LogP contribution < -0.4 is 5.73 Å². The molecule has 0 aliphatic heterocycles. The van der Waals surface area contributed by atoms with E-state index in [9.17, 15) is 0 Å². The van der Waals surface area contributed by atoms with Crippen LogP contribution in [0.3, 0.4) is 0 Å². The Balaban J connectivity index is 2.41. The maximum Gasteiger partial charge on any atom is 0.0320 e. The first kappa shape index (κ1) is 13.9. The number of anilines is 1. The molecule has 0 saturated carbocycles. The molecule has 0 fully saturated rings. The molecule has 1 aliphatic rings. The van der Waals surface area contributed by atoms with Crippen LogP contribution in [0, 0.1) is 11.3 Å². The van der Waals surface area contributed by atoms with Crippen molar-refractivity contribution < 1.29 is 0 Å². The van der Waals surface area contributed by atoms with Crippen LogP contribution in [0.5, 0.6) is 0 Å². The summed E-state index contributed by atoms with van der Waals surface area (Å²) in [4.78, 5) is 0. The lowest BCUT2D eigenvalue weighted by atomic mass is 9.71. The van der Waals surface area contributed by atoms with Crippen LogP contribution in [-0.4, -0.2) is 0 Å². The van der Waals surface area contributed by atoms with Crippen LogP contribution in [0.4, 0.5) is 5.69 Å². The predicted octanol–water partition coefficient (Wildman–Crippen LogP) is 5.05. The Kier molecular flexibility index (Phi) is 3.58.